The highest BCUT2D eigenvalue weighted by Gasteiger charge is 1.95. The molecule has 0 aromatic rings. The Labute approximate surface area is 105 Å². The van der Waals surface area contributed by atoms with Crippen molar-refractivity contribution in [3.05, 3.63) is 12.7 Å². The Hall–Kier alpha value is -0.830. The zero-order chi connectivity index (χ0) is 12.8. The molecule has 0 rings (SSSR count). The predicted octanol–water partition coefficient (Wildman–Crippen LogP) is 3.66. The molecule has 0 saturated heterocycles. The van der Waals surface area contributed by atoms with Crippen LogP contribution in [0.5, 0.6) is 0 Å². The van der Waals surface area contributed by atoms with E-state index in [4.69, 9.17) is 4.74 Å². The van der Waals surface area contributed by atoms with Crippen molar-refractivity contribution in [1.82, 2.24) is 0 Å². The third kappa shape index (κ3) is 13.1. The van der Waals surface area contributed by atoms with E-state index in [1.165, 1.54) is 38.2 Å². The molecule has 0 heterocycles. The maximum atomic E-state index is 10.7. The van der Waals surface area contributed by atoms with E-state index in [-0.39, 0.29) is 12.6 Å². The SMILES string of the molecule is C=CC(=O)OCCCCCCCCCCC[O]. The van der Waals surface area contributed by atoms with Crippen molar-refractivity contribution < 1.29 is 14.6 Å². The highest BCUT2D eigenvalue weighted by atomic mass is 16.5. The monoisotopic (exact) mass is 241 g/mol. The highest BCUT2D eigenvalue weighted by molar-refractivity contribution is 5.81. The fraction of sp³-hybridized carbons (Fsp3) is 0.786. The van der Waals surface area contributed by atoms with Crippen LogP contribution in [0.2, 0.25) is 0 Å². The number of esters is 1. The van der Waals surface area contributed by atoms with Gasteiger partial charge in [-0.05, 0) is 12.8 Å². The minimum Gasteiger partial charge on any atom is -0.463 e. The van der Waals surface area contributed by atoms with Gasteiger partial charge in [-0.25, -0.2) is 9.90 Å². The summed E-state index contributed by atoms with van der Waals surface area (Å²) in [5.41, 5.74) is 0. The van der Waals surface area contributed by atoms with E-state index in [0.717, 1.165) is 25.7 Å². The van der Waals surface area contributed by atoms with Crippen LogP contribution in [0, 0.1) is 0 Å². The summed E-state index contributed by atoms with van der Waals surface area (Å²) >= 11 is 0. The summed E-state index contributed by atoms with van der Waals surface area (Å²) in [5, 5.41) is 10.2. The van der Waals surface area contributed by atoms with Crippen molar-refractivity contribution in [1.29, 1.82) is 0 Å². The molecule has 0 unspecified atom stereocenters. The minimum absolute atomic E-state index is 0.0728. The third-order valence-corrected chi connectivity index (χ3v) is 2.70. The molecule has 0 atom stereocenters. The number of carbonyl (C=O) groups excluding carboxylic acids is 1. The normalized spacial score (nSPS) is 10.2. The van der Waals surface area contributed by atoms with Gasteiger partial charge in [0.15, 0.2) is 0 Å². The van der Waals surface area contributed by atoms with Gasteiger partial charge in [0.25, 0.3) is 0 Å². The van der Waals surface area contributed by atoms with E-state index in [0.29, 0.717) is 6.61 Å². The lowest BCUT2D eigenvalue weighted by molar-refractivity contribution is -0.137. The number of carbonyl (C=O) groups is 1. The van der Waals surface area contributed by atoms with Crippen LogP contribution in [-0.2, 0) is 14.6 Å². The molecular weight excluding hydrogens is 216 g/mol. The van der Waals surface area contributed by atoms with E-state index in [9.17, 15) is 9.90 Å². The van der Waals surface area contributed by atoms with Crippen molar-refractivity contribution in [3.63, 3.8) is 0 Å². The summed E-state index contributed by atoms with van der Waals surface area (Å²) < 4.78 is 4.88. The zero-order valence-electron chi connectivity index (χ0n) is 10.8. The van der Waals surface area contributed by atoms with Gasteiger partial charge in [0, 0.05) is 6.08 Å². The molecule has 0 aliphatic heterocycles. The first-order valence-electron chi connectivity index (χ1n) is 6.68. The Morgan fingerprint density at radius 3 is 1.82 bits per heavy atom. The number of unbranched alkanes of at least 4 members (excludes halogenated alkanes) is 8. The molecule has 99 valence electrons. The Bertz CT molecular complexity index is 190. The minimum atomic E-state index is -0.330. The average Bonchev–Trinajstić information content (AvgIpc) is 2.35. The molecule has 0 amide bonds. The summed E-state index contributed by atoms with van der Waals surface area (Å²) in [6.45, 7) is 3.92. The lowest BCUT2D eigenvalue weighted by atomic mass is 10.1. The molecule has 0 aliphatic rings. The van der Waals surface area contributed by atoms with Crippen LogP contribution < -0.4 is 0 Å². The van der Waals surface area contributed by atoms with Gasteiger partial charge in [0.05, 0.1) is 13.2 Å². The summed E-state index contributed by atoms with van der Waals surface area (Å²) in [7, 11) is 0. The third-order valence-electron chi connectivity index (χ3n) is 2.70. The fourth-order valence-corrected chi connectivity index (χ4v) is 1.67. The van der Waals surface area contributed by atoms with Gasteiger partial charge in [-0.2, -0.15) is 0 Å². The van der Waals surface area contributed by atoms with E-state index >= 15 is 0 Å². The molecule has 0 aliphatic carbocycles. The Balaban J connectivity index is 2.98. The van der Waals surface area contributed by atoms with Crippen LogP contribution in [0.4, 0.5) is 0 Å². The fourth-order valence-electron chi connectivity index (χ4n) is 1.67. The van der Waals surface area contributed by atoms with E-state index in [1.807, 2.05) is 0 Å². The quantitative estimate of drug-likeness (QED) is 0.297. The summed E-state index contributed by atoms with van der Waals surface area (Å²) in [6, 6.07) is 0. The molecule has 1 radical (unpaired) electrons. The Morgan fingerprint density at radius 2 is 1.35 bits per heavy atom. The molecule has 0 spiro atoms. The molecule has 0 fully saturated rings. The molecule has 17 heavy (non-hydrogen) atoms. The second kappa shape index (κ2) is 13.2. The Morgan fingerprint density at radius 1 is 0.882 bits per heavy atom. The molecule has 0 N–H and O–H groups in total. The zero-order valence-corrected chi connectivity index (χ0v) is 10.8. The van der Waals surface area contributed by atoms with Crippen LogP contribution in [0.1, 0.15) is 57.8 Å². The van der Waals surface area contributed by atoms with E-state index < -0.39 is 0 Å². The molecule has 3 nitrogen and oxygen atoms in total. The first kappa shape index (κ1) is 16.2. The summed E-state index contributed by atoms with van der Waals surface area (Å²) in [4.78, 5) is 10.7. The molecule has 0 bridgehead atoms. The van der Waals surface area contributed by atoms with Gasteiger partial charge in [0.2, 0.25) is 0 Å². The lowest BCUT2D eigenvalue weighted by Gasteiger charge is -2.02. The molecular formula is C14H25O3. The van der Waals surface area contributed by atoms with Gasteiger partial charge in [0.1, 0.15) is 0 Å². The second-order valence-electron chi connectivity index (χ2n) is 4.26. The van der Waals surface area contributed by atoms with Crippen LogP contribution in [0.15, 0.2) is 12.7 Å². The maximum Gasteiger partial charge on any atom is 0.330 e. The largest absolute Gasteiger partial charge is 0.463 e. The number of hydrogen-bond donors (Lipinski definition) is 0. The van der Waals surface area contributed by atoms with Gasteiger partial charge in [-0.15, -0.1) is 0 Å². The van der Waals surface area contributed by atoms with Gasteiger partial charge in [-0.1, -0.05) is 51.5 Å². The first-order chi connectivity index (χ1) is 8.31. The van der Waals surface area contributed by atoms with Crippen LogP contribution >= 0.6 is 0 Å². The average molecular weight is 241 g/mol. The van der Waals surface area contributed by atoms with Crippen molar-refractivity contribution in [3.8, 4) is 0 Å². The number of ether oxygens (including phenoxy) is 1. The van der Waals surface area contributed by atoms with Crippen LogP contribution in [0.25, 0.3) is 0 Å². The Kier molecular flexibility index (Phi) is 12.6. The standard InChI is InChI=1S/C14H25O3/c1-2-14(16)17-13-11-9-7-5-3-4-6-8-10-12-15/h2H,1,3-13H2. The maximum absolute atomic E-state index is 10.7. The summed E-state index contributed by atoms with van der Waals surface area (Å²) in [6.07, 6.45) is 11.3. The van der Waals surface area contributed by atoms with Crippen molar-refractivity contribution in [2.24, 2.45) is 0 Å². The first-order valence-corrected chi connectivity index (χ1v) is 6.68. The smallest absolute Gasteiger partial charge is 0.330 e. The van der Waals surface area contributed by atoms with Gasteiger partial charge in [-0.3, -0.25) is 0 Å². The molecule has 0 saturated carbocycles. The van der Waals surface area contributed by atoms with Crippen molar-refractivity contribution >= 4 is 5.97 Å². The summed E-state index contributed by atoms with van der Waals surface area (Å²) in [5.74, 6) is -0.330. The van der Waals surface area contributed by atoms with Crippen molar-refractivity contribution in [2.45, 2.75) is 57.8 Å². The van der Waals surface area contributed by atoms with Crippen molar-refractivity contribution in [2.75, 3.05) is 13.2 Å². The van der Waals surface area contributed by atoms with E-state index in [2.05, 4.69) is 6.58 Å². The van der Waals surface area contributed by atoms with E-state index in [1.54, 1.807) is 0 Å². The molecule has 0 aromatic carbocycles. The number of hydrogen-bond acceptors (Lipinski definition) is 2. The van der Waals surface area contributed by atoms with Crippen LogP contribution in [-0.4, -0.2) is 19.2 Å². The second-order valence-corrected chi connectivity index (χ2v) is 4.26. The molecule has 3 heteroatoms. The lowest BCUT2D eigenvalue weighted by Crippen LogP contribution is -2.01. The molecule has 0 aromatic heterocycles. The van der Waals surface area contributed by atoms with Gasteiger partial charge >= 0.3 is 5.97 Å². The van der Waals surface area contributed by atoms with Crippen LogP contribution in [0.3, 0.4) is 0 Å². The highest BCUT2D eigenvalue weighted by Crippen LogP contribution is 2.09. The number of rotatable bonds is 12. The topological polar surface area (TPSA) is 46.2 Å². The predicted molar refractivity (Wildman–Crippen MR) is 68.3 cm³/mol. The van der Waals surface area contributed by atoms with Gasteiger partial charge < -0.3 is 4.74 Å².